The second kappa shape index (κ2) is 12.8. The second-order valence-electron chi connectivity index (χ2n) is 13.4. The third kappa shape index (κ3) is 5.26. The largest absolute Gasteiger partial charge is 0.507 e. The van der Waals surface area contributed by atoms with Crippen LogP contribution in [0.4, 0.5) is 0 Å². The summed E-state index contributed by atoms with van der Waals surface area (Å²) in [6, 6.07) is 7.13. The molecule has 12 heteroatoms. The number of methoxy groups -OCH3 is 2. The van der Waals surface area contributed by atoms with Crippen LogP contribution < -0.4 is 29.0 Å². The number of hydrogen-bond acceptors (Lipinski definition) is 10. The summed E-state index contributed by atoms with van der Waals surface area (Å²) < 4.78 is 28.4. The van der Waals surface area contributed by atoms with Gasteiger partial charge in [0, 0.05) is 48.9 Å². The number of carbonyl (C=O) groups is 3. The average Bonchev–Trinajstić information content (AvgIpc) is 3.69. The van der Waals surface area contributed by atoms with E-state index in [1.807, 2.05) is 0 Å². The van der Waals surface area contributed by atoms with E-state index in [0.29, 0.717) is 35.6 Å². The van der Waals surface area contributed by atoms with E-state index in [1.165, 1.54) is 33.1 Å². The van der Waals surface area contributed by atoms with Gasteiger partial charge in [-0.05, 0) is 62.4 Å². The molecular weight excluding hydrogens is 640 g/mol. The molecule has 4 heterocycles. The number of halogens is 1. The van der Waals surface area contributed by atoms with Crippen LogP contribution in [0.15, 0.2) is 35.6 Å². The SMILES string of the molecule is COc1cc(OC)c2c(c1Cl)O[C@]1(C2=O)C(O)=C(C(CC(=O)NC[C@@H]2CCCN3CCCC[C@H]23)c2ccc3c(c2)OCO3)C(=O)C[C@H]1C. The minimum absolute atomic E-state index is 0.00609. The van der Waals surface area contributed by atoms with Crippen molar-refractivity contribution < 1.29 is 43.2 Å². The number of benzene rings is 2. The van der Waals surface area contributed by atoms with Crippen molar-refractivity contribution in [2.75, 3.05) is 40.6 Å². The molecule has 2 saturated heterocycles. The summed E-state index contributed by atoms with van der Waals surface area (Å²) in [5.41, 5.74) is -1.41. The van der Waals surface area contributed by atoms with E-state index in [0.717, 1.165) is 32.4 Å². The van der Waals surface area contributed by atoms with Gasteiger partial charge in [-0.15, -0.1) is 0 Å². The number of allylic oxidation sites excluding steroid dienone is 1. The lowest BCUT2D eigenvalue weighted by Crippen LogP contribution is -2.53. The fourth-order valence-corrected chi connectivity index (χ4v) is 8.64. The predicted molar refractivity (Wildman–Crippen MR) is 176 cm³/mol. The Kier molecular flexibility index (Phi) is 8.70. The first-order valence-electron chi connectivity index (χ1n) is 16.7. The van der Waals surface area contributed by atoms with E-state index in [-0.39, 0.29) is 64.7 Å². The van der Waals surface area contributed by atoms with Crippen molar-refractivity contribution in [2.24, 2.45) is 11.8 Å². The van der Waals surface area contributed by atoms with Crippen LogP contribution in [-0.4, -0.2) is 79.8 Å². The number of carbonyl (C=O) groups excluding carboxylic acids is 3. The zero-order valence-electron chi connectivity index (χ0n) is 27.4. The quantitative estimate of drug-likeness (QED) is 0.375. The molecule has 5 atom stereocenters. The molecule has 0 radical (unpaired) electrons. The minimum Gasteiger partial charge on any atom is -0.507 e. The maximum atomic E-state index is 14.4. The number of fused-ring (bicyclic) bond motifs is 3. The van der Waals surface area contributed by atoms with Crippen LogP contribution >= 0.6 is 11.6 Å². The highest BCUT2D eigenvalue weighted by molar-refractivity contribution is 6.35. The molecule has 1 spiro atoms. The number of rotatable bonds is 8. The zero-order chi connectivity index (χ0) is 33.7. The molecule has 256 valence electrons. The molecule has 4 aliphatic heterocycles. The third-order valence-electron chi connectivity index (χ3n) is 10.8. The highest BCUT2D eigenvalue weighted by Gasteiger charge is 2.61. The number of nitrogens with zero attached hydrogens (tertiary/aromatic N) is 1. The summed E-state index contributed by atoms with van der Waals surface area (Å²) in [6.07, 6.45) is 5.43. The van der Waals surface area contributed by atoms with Crippen molar-refractivity contribution in [3.05, 3.63) is 51.7 Å². The van der Waals surface area contributed by atoms with Gasteiger partial charge in [0.2, 0.25) is 24.1 Å². The standard InChI is InChI=1S/C36H41ClN2O9/c1-19-13-24(40)30(34(42)36(19)35(43)31-27(44-2)16-28(45-3)32(37)33(31)48-36)22(20-9-10-25-26(14-20)47-18-46-25)15-29(41)38-17-21-7-6-12-39-11-5-4-8-23(21)39/h9-10,14,16,19,21-23,42H,4-8,11-13,15,17-18H2,1-3H3,(H,38,41)/t19-,21+,22?,23-,36+/m1/s1. The van der Waals surface area contributed by atoms with E-state index in [9.17, 15) is 19.5 Å². The van der Waals surface area contributed by atoms with Crippen molar-refractivity contribution in [1.29, 1.82) is 0 Å². The Morgan fingerprint density at radius 1 is 1.08 bits per heavy atom. The Labute approximate surface area is 284 Å². The van der Waals surface area contributed by atoms with Crippen LogP contribution in [-0.2, 0) is 9.59 Å². The number of ether oxygens (including phenoxy) is 5. The third-order valence-corrected chi connectivity index (χ3v) is 11.2. The lowest BCUT2D eigenvalue weighted by molar-refractivity contribution is -0.122. The molecule has 5 aliphatic rings. The van der Waals surface area contributed by atoms with Gasteiger partial charge in [0.1, 0.15) is 22.1 Å². The van der Waals surface area contributed by atoms with Crippen molar-refractivity contribution in [1.82, 2.24) is 10.2 Å². The number of nitrogens with one attached hydrogen (secondary N) is 1. The maximum Gasteiger partial charge on any atom is 0.231 e. The molecule has 1 amide bonds. The van der Waals surface area contributed by atoms with E-state index < -0.39 is 29.0 Å². The summed E-state index contributed by atoms with van der Waals surface area (Å²) >= 11 is 6.63. The first kappa shape index (κ1) is 32.6. The fourth-order valence-electron chi connectivity index (χ4n) is 8.37. The van der Waals surface area contributed by atoms with Crippen LogP contribution in [0, 0.1) is 11.8 Å². The Hall–Kier alpha value is -3.96. The Bertz CT molecular complexity index is 1690. The molecule has 7 rings (SSSR count). The first-order valence-corrected chi connectivity index (χ1v) is 17.1. The number of amides is 1. The van der Waals surface area contributed by atoms with Gasteiger partial charge in [-0.1, -0.05) is 31.0 Å². The number of hydrogen-bond donors (Lipinski definition) is 2. The maximum absolute atomic E-state index is 14.4. The summed E-state index contributed by atoms with van der Waals surface area (Å²) in [6.45, 7) is 4.46. The smallest absolute Gasteiger partial charge is 0.231 e. The number of aliphatic hydroxyl groups excluding tert-OH is 1. The van der Waals surface area contributed by atoms with E-state index in [1.54, 1.807) is 25.1 Å². The molecule has 2 aromatic rings. The van der Waals surface area contributed by atoms with Gasteiger partial charge in [-0.25, -0.2) is 0 Å². The molecule has 1 unspecified atom stereocenters. The Morgan fingerprint density at radius 3 is 2.65 bits per heavy atom. The van der Waals surface area contributed by atoms with Crippen molar-refractivity contribution in [2.45, 2.75) is 69.4 Å². The number of piperidine rings is 2. The van der Waals surface area contributed by atoms with E-state index in [2.05, 4.69) is 10.2 Å². The molecule has 2 aromatic carbocycles. The van der Waals surface area contributed by atoms with E-state index in [4.69, 9.17) is 35.3 Å². The van der Waals surface area contributed by atoms with Crippen molar-refractivity contribution in [3.8, 4) is 28.7 Å². The lowest BCUT2D eigenvalue weighted by Gasteiger charge is -2.44. The molecule has 11 nitrogen and oxygen atoms in total. The van der Waals surface area contributed by atoms with Gasteiger partial charge in [-0.3, -0.25) is 14.4 Å². The number of aliphatic hydroxyl groups is 1. The normalized spacial score (nSPS) is 27.0. The van der Waals surface area contributed by atoms with Gasteiger partial charge < -0.3 is 39.0 Å². The number of ketones is 2. The van der Waals surface area contributed by atoms with Gasteiger partial charge in [0.25, 0.3) is 0 Å². The number of Topliss-reactive ketones (excluding diaryl/α,β-unsaturated/α-hetero) is 2. The summed E-state index contributed by atoms with van der Waals surface area (Å²) in [7, 11) is 2.83. The topological polar surface area (TPSA) is 133 Å². The van der Waals surface area contributed by atoms with Gasteiger partial charge in [0.15, 0.2) is 28.8 Å². The van der Waals surface area contributed by atoms with Gasteiger partial charge in [-0.2, -0.15) is 0 Å². The Balaban J connectivity index is 1.26. The highest BCUT2D eigenvalue weighted by Crippen LogP contribution is 2.56. The monoisotopic (exact) mass is 680 g/mol. The summed E-state index contributed by atoms with van der Waals surface area (Å²) in [5, 5.41) is 15.4. The van der Waals surface area contributed by atoms with Crippen LogP contribution in [0.5, 0.6) is 28.7 Å². The highest BCUT2D eigenvalue weighted by atomic mass is 35.5. The van der Waals surface area contributed by atoms with Crippen molar-refractivity contribution >= 4 is 29.1 Å². The summed E-state index contributed by atoms with van der Waals surface area (Å²) in [5.74, 6) is -1.70. The first-order chi connectivity index (χ1) is 23.2. The molecule has 0 saturated carbocycles. The van der Waals surface area contributed by atoms with Gasteiger partial charge >= 0.3 is 0 Å². The average molecular weight is 681 g/mol. The second-order valence-corrected chi connectivity index (χ2v) is 13.8. The molecule has 2 N–H and O–H groups in total. The van der Waals surface area contributed by atoms with Crippen LogP contribution in [0.2, 0.25) is 5.02 Å². The molecular formula is C36H41ClN2O9. The van der Waals surface area contributed by atoms with Gasteiger partial charge in [0.05, 0.1) is 14.2 Å². The van der Waals surface area contributed by atoms with Crippen LogP contribution in [0.25, 0.3) is 0 Å². The van der Waals surface area contributed by atoms with Crippen LogP contribution in [0.1, 0.15) is 73.7 Å². The molecule has 0 aromatic heterocycles. The lowest BCUT2D eigenvalue weighted by atomic mass is 9.69. The molecule has 48 heavy (non-hydrogen) atoms. The Morgan fingerprint density at radius 2 is 1.85 bits per heavy atom. The minimum atomic E-state index is -1.97. The van der Waals surface area contributed by atoms with E-state index >= 15 is 0 Å². The predicted octanol–water partition coefficient (Wildman–Crippen LogP) is 5.38. The van der Waals surface area contributed by atoms with Crippen molar-refractivity contribution in [3.63, 3.8) is 0 Å². The summed E-state index contributed by atoms with van der Waals surface area (Å²) in [4.78, 5) is 44.7. The molecule has 0 bridgehead atoms. The molecule has 2 fully saturated rings. The molecule has 1 aliphatic carbocycles. The van der Waals surface area contributed by atoms with Crippen LogP contribution in [0.3, 0.4) is 0 Å². The zero-order valence-corrected chi connectivity index (χ0v) is 28.2. The fraction of sp³-hybridized carbons (Fsp3) is 0.528.